The first-order valence-electron chi connectivity index (χ1n) is 8.94. The minimum atomic E-state index is -0.936. The lowest BCUT2D eigenvalue weighted by atomic mass is 10.1. The van der Waals surface area contributed by atoms with Crippen LogP contribution in [0.15, 0.2) is 24.3 Å². The Kier molecular flexibility index (Phi) is 10.5. The molecule has 0 fully saturated rings. The Labute approximate surface area is 153 Å². The van der Waals surface area contributed by atoms with E-state index in [4.69, 9.17) is 14.9 Å². The molecule has 0 unspecified atom stereocenters. The molecule has 1 aromatic rings. The Morgan fingerprint density at radius 2 is 1.38 bits per heavy atom. The zero-order valence-corrected chi connectivity index (χ0v) is 14.9. The molecule has 7 heteroatoms. The molecule has 0 atom stereocenters. The molecule has 0 saturated heterocycles. The summed E-state index contributed by atoms with van der Waals surface area (Å²) in [5.74, 6) is -1.34. The Bertz CT molecular complexity index is 587. The summed E-state index contributed by atoms with van der Waals surface area (Å²) in [6.07, 6.45) is 5.79. The molecule has 0 aliphatic heterocycles. The molecular weight excluding hydrogens is 338 g/mol. The molecule has 0 heterocycles. The van der Waals surface area contributed by atoms with E-state index in [1.807, 2.05) is 0 Å². The van der Waals surface area contributed by atoms with E-state index in [1.165, 1.54) is 0 Å². The molecule has 3 N–H and O–H groups in total. The summed E-state index contributed by atoms with van der Waals surface area (Å²) >= 11 is 0. The number of carbonyl (C=O) groups is 3. The van der Waals surface area contributed by atoms with Gasteiger partial charge in [0.15, 0.2) is 0 Å². The number of hydrogen-bond donors (Lipinski definition) is 3. The molecule has 0 bridgehead atoms. The molecule has 1 rings (SSSR count). The first kappa shape index (κ1) is 21.5. The highest BCUT2D eigenvalue weighted by atomic mass is 16.5. The Hall–Kier alpha value is -2.57. The zero-order chi connectivity index (χ0) is 19.2. The molecule has 0 saturated carbocycles. The standard InChI is InChI=1S/C19H27NO6/c21-17(11-5-3-1-2-4-6-12-18(22)23)20-15-9-7-8-10-16(15)26-14-13-19(24)25/h7-10H,1-6,11-14H2,(H,20,21)(H,22,23)(H,24,25). The largest absolute Gasteiger partial charge is 0.491 e. The third-order valence-corrected chi connectivity index (χ3v) is 3.78. The van der Waals surface area contributed by atoms with Crippen molar-refractivity contribution in [1.82, 2.24) is 0 Å². The van der Waals surface area contributed by atoms with Gasteiger partial charge >= 0.3 is 11.9 Å². The van der Waals surface area contributed by atoms with Gasteiger partial charge in [0.05, 0.1) is 18.7 Å². The van der Waals surface area contributed by atoms with Gasteiger partial charge in [-0.1, -0.05) is 37.8 Å². The van der Waals surface area contributed by atoms with Gasteiger partial charge in [0.25, 0.3) is 0 Å². The van der Waals surface area contributed by atoms with Crippen LogP contribution in [0.2, 0.25) is 0 Å². The number of benzene rings is 1. The summed E-state index contributed by atoms with van der Waals surface area (Å²) in [4.78, 5) is 33.0. The normalized spacial score (nSPS) is 10.3. The van der Waals surface area contributed by atoms with Crippen molar-refractivity contribution in [2.24, 2.45) is 0 Å². The molecule has 0 aromatic heterocycles. The number of hydrogen-bond acceptors (Lipinski definition) is 4. The fraction of sp³-hybridized carbons (Fsp3) is 0.526. The zero-order valence-electron chi connectivity index (χ0n) is 14.9. The summed E-state index contributed by atoms with van der Waals surface area (Å²) in [5.41, 5.74) is 0.538. The van der Waals surface area contributed by atoms with Crippen molar-refractivity contribution in [2.75, 3.05) is 11.9 Å². The van der Waals surface area contributed by atoms with E-state index >= 15 is 0 Å². The number of ether oxygens (including phenoxy) is 1. The number of unbranched alkanes of at least 4 members (excludes halogenated alkanes) is 5. The van der Waals surface area contributed by atoms with Crippen molar-refractivity contribution in [3.8, 4) is 5.75 Å². The number of rotatable bonds is 14. The third kappa shape index (κ3) is 10.3. The highest BCUT2D eigenvalue weighted by Gasteiger charge is 2.08. The number of para-hydroxylation sites is 2. The minimum absolute atomic E-state index is 0.0457. The monoisotopic (exact) mass is 365 g/mol. The summed E-state index contributed by atoms with van der Waals surface area (Å²) < 4.78 is 5.41. The Balaban J connectivity index is 2.22. The van der Waals surface area contributed by atoms with Crippen molar-refractivity contribution < 1.29 is 29.3 Å². The Morgan fingerprint density at radius 1 is 0.808 bits per heavy atom. The first-order valence-corrected chi connectivity index (χ1v) is 8.94. The van der Waals surface area contributed by atoms with E-state index < -0.39 is 11.9 Å². The van der Waals surface area contributed by atoms with Gasteiger partial charge in [0, 0.05) is 12.8 Å². The molecule has 1 amide bonds. The van der Waals surface area contributed by atoms with Crippen LogP contribution in [0.25, 0.3) is 0 Å². The predicted octanol–water partition coefficient (Wildman–Crippen LogP) is 3.68. The van der Waals surface area contributed by atoms with Gasteiger partial charge in [-0.2, -0.15) is 0 Å². The predicted molar refractivity (Wildman–Crippen MR) is 97.4 cm³/mol. The molecule has 0 aliphatic carbocycles. The van der Waals surface area contributed by atoms with Crippen LogP contribution < -0.4 is 10.1 Å². The number of aliphatic carboxylic acids is 2. The van der Waals surface area contributed by atoms with Crippen molar-refractivity contribution >= 4 is 23.5 Å². The average Bonchev–Trinajstić information content (AvgIpc) is 2.58. The smallest absolute Gasteiger partial charge is 0.306 e. The van der Waals surface area contributed by atoms with Crippen LogP contribution in [0.1, 0.15) is 57.8 Å². The van der Waals surface area contributed by atoms with E-state index in [2.05, 4.69) is 5.32 Å². The molecule has 1 aromatic carbocycles. The van der Waals surface area contributed by atoms with Crippen LogP contribution in [0.4, 0.5) is 5.69 Å². The maximum absolute atomic E-state index is 12.0. The van der Waals surface area contributed by atoms with Gasteiger partial charge in [-0.3, -0.25) is 14.4 Å². The number of nitrogens with one attached hydrogen (secondary N) is 1. The van der Waals surface area contributed by atoms with E-state index in [9.17, 15) is 14.4 Å². The van der Waals surface area contributed by atoms with Gasteiger partial charge in [-0.05, 0) is 25.0 Å². The molecule has 144 valence electrons. The molecule has 26 heavy (non-hydrogen) atoms. The van der Waals surface area contributed by atoms with E-state index in [0.29, 0.717) is 24.3 Å². The van der Waals surface area contributed by atoms with Crippen LogP contribution in [-0.2, 0) is 14.4 Å². The van der Waals surface area contributed by atoms with Gasteiger partial charge in [0.1, 0.15) is 5.75 Å². The molecular formula is C19H27NO6. The quantitative estimate of drug-likeness (QED) is 0.433. The van der Waals surface area contributed by atoms with E-state index in [1.54, 1.807) is 24.3 Å². The summed E-state index contributed by atoms with van der Waals surface area (Å²) in [6, 6.07) is 6.94. The van der Waals surface area contributed by atoms with Crippen LogP contribution in [0.5, 0.6) is 5.75 Å². The number of amides is 1. The molecule has 0 aliphatic rings. The first-order chi connectivity index (χ1) is 12.5. The van der Waals surface area contributed by atoms with Crippen LogP contribution in [0, 0.1) is 0 Å². The fourth-order valence-electron chi connectivity index (χ4n) is 2.43. The Morgan fingerprint density at radius 3 is 2.04 bits per heavy atom. The van der Waals surface area contributed by atoms with Crippen molar-refractivity contribution in [3.05, 3.63) is 24.3 Å². The molecule has 0 spiro atoms. The van der Waals surface area contributed by atoms with Gasteiger partial charge in [0.2, 0.25) is 5.91 Å². The lowest BCUT2D eigenvalue weighted by molar-refractivity contribution is -0.138. The summed E-state index contributed by atoms with van der Waals surface area (Å²) in [6.45, 7) is 0.0457. The van der Waals surface area contributed by atoms with Gasteiger partial charge in [-0.25, -0.2) is 0 Å². The summed E-state index contributed by atoms with van der Waals surface area (Å²) in [7, 11) is 0. The number of anilines is 1. The number of carboxylic acid groups (broad SMARTS) is 2. The topological polar surface area (TPSA) is 113 Å². The summed E-state index contributed by atoms with van der Waals surface area (Å²) in [5, 5.41) is 20.0. The van der Waals surface area contributed by atoms with Crippen molar-refractivity contribution in [1.29, 1.82) is 0 Å². The third-order valence-electron chi connectivity index (χ3n) is 3.78. The van der Waals surface area contributed by atoms with Crippen molar-refractivity contribution in [2.45, 2.75) is 57.8 Å². The SMILES string of the molecule is O=C(O)CCCCCCCCC(=O)Nc1ccccc1OCCC(=O)O. The fourth-order valence-corrected chi connectivity index (χ4v) is 2.43. The second-order valence-corrected chi connectivity index (χ2v) is 6.05. The molecule has 7 nitrogen and oxygen atoms in total. The number of carbonyl (C=O) groups excluding carboxylic acids is 1. The highest BCUT2D eigenvalue weighted by molar-refractivity contribution is 5.92. The minimum Gasteiger partial charge on any atom is -0.491 e. The average molecular weight is 365 g/mol. The number of carboxylic acids is 2. The van der Waals surface area contributed by atoms with Crippen LogP contribution >= 0.6 is 0 Å². The maximum Gasteiger partial charge on any atom is 0.306 e. The molecule has 0 radical (unpaired) electrons. The second kappa shape index (κ2) is 12.7. The van der Waals surface area contributed by atoms with Gasteiger partial charge in [-0.15, -0.1) is 0 Å². The van der Waals surface area contributed by atoms with Crippen molar-refractivity contribution in [3.63, 3.8) is 0 Å². The van der Waals surface area contributed by atoms with Crippen LogP contribution in [0.3, 0.4) is 0 Å². The van der Waals surface area contributed by atoms with E-state index in [0.717, 1.165) is 32.1 Å². The lowest BCUT2D eigenvalue weighted by Gasteiger charge is -2.12. The maximum atomic E-state index is 12.0. The lowest BCUT2D eigenvalue weighted by Crippen LogP contribution is -2.13. The van der Waals surface area contributed by atoms with E-state index in [-0.39, 0.29) is 25.4 Å². The highest BCUT2D eigenvalue weighted by Crippen LogP contribution is 2.24. The van der Waals surface area contributed by atoms with Crippen LogP contribution in [-0.4, -0.2) is 34.7 Å². The van der Waals surface area contributed by atoms with Gasteiger partial charge < -0.3 is 20.3 Å². The second-order valence-electron chi connectivity index (χ2n) is 6.05.